The van der Waals surface area contributed by atoms with Crippen molar-refractivity contribution in [1.29, 1.82) is 0 Å². The largest absolute Gasteiger partial charge is 0.355 e. The second kappa shape index (κ2) is 4.32. The van der Waals surface area contributed by atoms with E-state index in [1.165, 1.54) is 19.2 Å². The fourth-order valence-corrected chi connectivity index (χ4v) is 1.10. The zero-order valence-electron chi connectivity index (χ0n) is 7.89. The first-order chi connectivity index (χ1) is 7.10. The van der Waals surface area contributed by atoms with Crippen LogP contribution in [0.2, 0.25) is 0 Å². The molecule has 0 aliphatic rings. The highest BCUT2D eigenvalue weighted by Gasteiger charge is 2.14. The molecule has 0 aliphatic carbocycles. The standard InChI is InChI=1S/C9H8N2O4/c1-10-9(13)8-3-2-7(11(14)15)4-6(8)5-12/h2-5H,1H3,(H,10,13). The maximum atomic E-state index is 11.2. The van der Waals surface area contributed by atoms with Gasteiger partial charge in [0.05, 0.1) is 10.5 Å². The number of carbonyl (C=O) groups is 2. The smallest absolute Gasteiger partial charge is 0.270 e. The van der Waals surface area contributed by atoms with Gasteiger partial charge in [0.1, 0.15) is 0 Å². The van der Waals surface area contributed by atoms with Crippen LogP contribution in [0.5, 0.6) is 0 Å². The van der Waals surface area contributed by atoms with E-state index in [0.29, 0.717) is 6.29 Å². The third-order valence-corrected chi connectivity index (χ3v) is 1.84. The van der Waals surface area contributed by atoms with Gasteiger partial charge in [-0.1, -0.05) is 0 Å². The van der Waals surface area contributed by atoms with Crippen LogP contribution in [0, 0.1) is 10.1 Å². The van der Waals surface area contributed by atoms with E-state index < -0.39 is 10.8 Å². The predicted octanol–water partition coefficient (Wildman–Crippen LogP) is 0.767. The average Bonchev–Trinajstić information content (AvgIpc) is 2.27. The Morgan fingerprint density at radius 3 is 2.67 bits per heavy atom. The lowest BCUT2D eigenvalue weighted by molar-refractivity contribution is -0.384. The summed E-state index contributed by atoms with van der Waals surface area (Å²) in [7, 11) is 1.42. The molecule has 0 spiro atoms. The van der Waals surface area contributed by atoms with E-state index >= 15 is 0 Å². The average molecular weight is 208 g/mol. The van der Waals surface area contributed by atoms with Crippen molar-refractivity contribution in [2.24, 2.45) is 0 Å². The molecule has 0 fully saturated rings. The van der Waals surface area contributed by atoms with Crippen LogP contribution in [0.15, 0.2) is 18.2 Å². The van der Waals surface area contributed by atoms with Gasteiger partial charge in [0.15, 0.2) is 6.29 Å². The molecule has 0 aliphatic heterocycles. The maximum Gasteiger partial charge on any atom is 0.270 e. The molecule has 0 atom stereocenters. The number of carbonyl (C=O) groups excluding carboxylic acids is 2. The van der Waals surface area contributed by atoms with E-state index in [1.807, 2.05) is 0 Å². The first-order valence-corrected chi connectivity index (χ1v) is 4.06. The molecule has 6 nitrogen and oxygen atoms in total. The summed E-state index contributed by atoms with van der Waals surface area (Å²) in [4.78, 5) is 31.6. The Bertz CT molecular complexity index is 428. The second-order valence-corrected chi connectivity index (χ2v) is 2.73. The Labute approximate surface area is 85.1 Å². The predicted molar refractivity (Wildman–Crippen MR) is 51.9 cm³/mol. The van der Waals surface area contributed by atoms with Crippen LogP contribution >= 0.6 is 0 Å². The molecule has 6 heteroatoms. The molecule has 1 amide bonds. The number of aldehydes is 1. The fourth-order valence-electron chi connectivity index (χ4n) is 1.10. The van der Waals surface area contributed by atoms with E-state index in [1.54, 1.807) is 0 Å². The van der Waals surface area contributed by atoms with Gasteiger partial charge < -0.3 is 5.32 Å². The Kier molecular flexibility index (Phi) is 3.12. The number of nitrogens with one attached hydrogen (secondary N) is 1. The zero-order chi connectivity index (χ0) is 11.4. The van der Waals surface area contributed by atoms with Crippen LogP contribution in [0.1, 0.15) is 20.7 Å². The lowest BCUT2D eigenvalue weighted by atomic mass is 10.1. The molecule has 0 aromatic heterocycles. The summed E-state index contributed by atoms with van der Waals surface area (Å²) >= 11 is 0. The SMILES string of the molecule is CNC(=O)c1ccc([N+](=O)[O-])cc1C=O. The third-order valence-electron chi connectivity index (χ3n) is 1.84. The number of nitro benzene ring substituents is 1. The topological polar surface area (TPSA) is 89.3 Å². The number of amides is 1. The highest BCUT2D eigenvalue weighted by Crippen LogP contribution is 2.16. The van der Waals surface area contributed by atoms with Gasteiger partial charge in [0.2, 0.25) is 0 Å². The number of rotatable bonds is 3. The van der Waals surface area contributed by atoms with Crippen molar-refractivity contribution in [3.63, 3.8) is 0 Å². The van der Waals surface area contributed by atoms with Gasteiger partial charge in [-0.05, 0) is 6.07 Å². The summed E-state index contributed by atoms with van der Waals surface area (Å²) in [5.74, 6) is -0.452. The number of non-ortho nitro benzene ring substituents is 1. The summed E-state index contributed by atoms with van der Waals surface area (Å²) in [6, 6.07) is 3.50. The van der Waals surface area contributed by atoms with Crippen molar-refractivity contribution in [1.82, 2.24) is 5.32 Å². The van der Waals surface area contributed by atoms with E-state index in [-0.39, 0.29) is 16.8 Å². The van der Waals surface area contributed by atoms with Crippen molar-refractivity contribution in [3.8, 4) is 0 Å². The van der Waals surface area contributed by atoms with Gasteiger partial charge in [0.25, 0.3) is 11.6 Å². The Hall–Kier alpha value is -2.24. The molecule has 0 heterocycles. The number of hydrogen-bond donors (Lipinski definition) is 1. The quantitative estimate of drug-likeness (QED) is 0.451. The molecule has 0 bridgehead atoms. The Morgan fingerprint density at radius 1 is 1.53 bits per heavy atom. The first-order valence-electron chi connectivity index (χ1n) is 4.06. The van der Waals surface area contributed by atoms with E-state index in [9.17, 15) is 19.7 Å². The molecule has 1 N–H and O–H groups in total. The highest BCUT2D eigenvalue weighted by atomic mass is 16.6. The molecule has 0 saturated carbocycles. The van der Waals surface area contributed by atoms with Crippen LogP contribution in [0.4, 0.5) is 5.69 Å². The molecular formula is C9H8N2O4. The van der Waals surface area contributed by atoms with Crippen molar-refractivity contribution in [2.75, 3.05) is 7.05 Å². The van der Waals surface area contributed by atoms with Crippen molar-refractivity contribution < 1.29 is 14.5 Å². The monoisotopic (exact) mass is 208 g/mol. The van der Waals surface area contributed by atoms with Crippen LogP contribution in [-0.2, 0) is 0 Å². The normalized spacial score (nSPS) is 9.40. The lowest BCUT2D eigenvalue weighted by Crippen LogP contribution is -2.19. The molecule has 0 unspecified atom stereocenters. The maximum absolute atomic E-state index is 11.2. The number of nitrogens with zero attached hydrogens (tertiary/aromatic N) is 1. The van der Waals surface area contributed by atoms with Gasteiger partial charge in [-0.15, -0.1) is 0 Å². The van der Waals surface area contributed by atoms with Crippen LogP contribution in [-0.4, -0.2) is 24.2 Å². The van der Waals surface area contributed by atoms with E-state index in [0.717, 1.165) is 6.07 Å². The van der Waals surface area contributed by atoms with E-state index in [2.05, 4.69) is 5.32 Å². The van der Waals surface area contributed by atoms with Crippen LogP contribution in [0.3, 0.4) is 0 Å². The van der Waals surface area contributed by atoms with Gasteiger partial charge >= 0.3 is 0 Å². The summed E-state index contributed by atoms with van der Waals surface area (Å²) in [6.45, 7) is 0. The summed E-state index contributed by atoms with van der Waals surface area (Å²) < 4.78 is 0. The van der Waals surface area contributed by atoms with Gasteiger partial charge in [-0.3, -0.25) is 19.7 Å². The fraction of sp³-hybridized carbons (Fsp3) is 0.111. The number of hydrogen-bond acceptors (Lipinski definition) is 4. The molecule has 1 aromatic rings. The molecule has 15 heavy (non-hydrogen) atoms. The molecule has 78 valence electrons. The summed E-state index contributed by atoms with van der Waals surface area (Å²) in [5.41, 5.74) is -0.0913. The Balaban J connectivity index is 3.26. The van der Waals surface area contributed by atoms with Gasteiger partial charge in [-0.2, -0.15) is 0 Å². The third kappa shape index (κ3) is 2.16. The molecular weight excluding hydrogens is 200 g/mol. The summed E-state index contributed by atoms with van der Waals surface area (Å²) in [5, 5.41) is 12.7. The van der Waals surface area contributed by atoms with Crippen molar-refractivity contribution >= 4 is 17.9 Å². The van der Waals surface area contributed by atoms with Crippen molar-refractivity contribution in [2.45, 2.75) is 0 Å². The van der Waals surface area contributed by atoms with E-state index in [4.69, 9.17) is 0 Å². The lowest BCUT2D eigenvalue weighted by Gasteiger charge is -2.02. The zero-order valence-corrected chi connectivity index (χ0v) is 7.89. The minimum absolute atomic E-state index is 0.00329. The molecule has 0 radical (unpaired) electrons. The minimum Gasteiger partial charge on any atom is -0.355 e. The van der Waals surface area contributed by atoms with Gasteiger partial charge in [-0.25, -0.2) is 0 Å². The van der Waals surface area contributed by atoms with Crippen molar-refractivity contribution in [3.05, 3.63) is 39.4 Å². The molecule has 1 rings (SSSR count). The number of nitro groups is 1. The Morgan fingerprint density at radius 2 is 2.20 bits per heavy atom. The van der Waals surface area contributed by atoms with Gasteiger partial charge in [0, 0.05) is 24.7 Å². The molecule has 1 aromatic carbocycles. The van der Waals surface area contributed by atoms with Crippen LogP contribution < -0.4 is 5.32 Å². The highest BCUT2D eigenvalue weighted by molar-refractivity contribution is 6.01. The number of benzene rings is 1. The summed E-state index contributed by atoms with van der Waals surface area (Å²) in [6.07, 6.45) is 0.414. The minimum atomic E-state index is -0.624. The van der Waals surface area contributed by atoms with Crippen LogP contribution in [0.25, 0.3) is 0 Å². The molecule has 0 saturated heterocycles. The second-order valence-electron chi connectivity index (χ2n) is 2.73. The first kappa shape index (κ1) is 10.8.